The maximum atomic E-state index is 6.23. The summed E-state index contributed by atoms with van der Waals surface area (Å²) in [5, 5.41) is 22.8. The summed E-state index contributed by atoms with van der Waals surface area (Å²) in [6.07, 6.45) is 0. The Morgan fingerprint density at radius 2 is 0.348 bits per heavy atom. The summed E-state index contributed by atoms with van der Waals surface area (Å²) >= 11 is 3.75. The molecule has 27 aromatic rings. The van der Waals surface area contributed by atoms with Crippen LogP contribution in [0.5, 0.6) is 0 Å². The van der Waals surface area contributed by atoms with Crippen molar-refractivity contribution in [1.82, 2.24) is 0 Å². The molecule has 0 aliphatic heterocycles. The molecule has 1 nitrogen and oxygen atoms in total. The van der Waals surface area contributed by atoms with Crippen LogP contribution in [-0.2, 0) is 0 Å². The zero-order valence-electron chi connectivity index (χ0n) is 73.7. The minimum absolute atomic E-state index is 0.914. The number of fused-ring (bicyclic) bond motifs is 15. The van der Waals surface area contributed by atoms with Gasteiger partial charge in [-0.1, -0.05) is 455 Å². The van der Waals surface area contributed by atoms with Gasteiger partial charge in [0.1, 0.15) is 11.2 Å². The second-order valence-electron chi connectivity index (χ2n) is 34.9. The lowest BCUT2D eigenvalue weighted by Gasteiger charge is -2.21. The molecule has 135 heavy (non-hydrogen) atoms. The lowest BCUT2D eigenvalue weighted by Crippen LogP contribution is -1.94. The van der Waals surface area contributed by atoms with Gasteiger partial charge in [-0.25, -0.2) is 0 Å². The van der Waals surface area contributed by atoms with Crippen LogP contribution < -0.4 is 0 Å². The van der Waals surface area contributed by atoms with Crippen LogP contribution in [0.15, 0.2) is 514 Å². The van der Waals surface area contributed by atoms with Crippen LogP contribution in [0.2, 0.25) is 0 Å². The van der Waals surface area contributed by atoms with Crippen LogP contribution in [0.1, 0.15) is 0 Å². The fourth-order valence-electron chi connectivity index (χ4n) is 21.2. The van der Waals surface area contributed by atoms with E-state index in [4.69, 9.17) is 4.42 Å². The van der Waals surface area contributed by atoms with E-state index in [1.165, 1.54) is 233 Å². The highest BCUT2D eigenvalue weighted by atomic mass is 32.1. The number of para-hydroxylation sites is 1. The van der Waals surface area contributed by atoms with Crippen molar-refractivity contribution in [2.45, 2.75) is 0 Å². The predicted octanol–water partition coefficient (Wildman–Crippen LogP) is 38.6. The van der Waals surface area contributed by atoms with Gasteiger partial charge in [-0.15, -0.1) is 22.7 Å². The lowest BCUT2D eigenvalue weighted by atomic mass is 9.82. The molecule has 0 N–H and O–H groups in total. The predicted molar refractivity (Wildman–Crippen MR) is 583 cm³/mol. The van der Waals surface area contributed by atoms with Crippen molar-refractivity contribution in [1.29, 1.82) is 0 Å². The highest BCUT2D eigenvalue weighted by Gasteiger charge is 2.25. The molecule has 630 valence electrons. The molecule has 0 radical (unpaired) electrons. The van der Waals surface area contributed by atoms with Gasteiger partial charge in [-0.3, -0.25) is 0 Å². The Morgan fingerprint density at radius 1 is 0.111 bits per heavy atom. The maximum Gasteiger partial charge on any atom is 0.136 e. The van der Waals surface area contributed by atoms with Crippen LogP contribution in [0.3, 0.4) is 0 Å². The first kappa shape index (κ1) is 80.2. The summed E-state index contributed by atoms with van der Waals surface area (Å²) in [4.78, 5) is 0. The van der Waals surface area contributed by atoms with Crippen LogP contribution >= 0.6 is 22.7 Å². The molecule has 3 heteroatoms. The number of hydrogen-bond donors (Lipinski definition) is 0. The number of benzene rings is 24. The minimum atomic E-state index is 0.914. The van der Waals surface area contributed by atoms with Crippen molar-refractivity contribution in [3.8, 4) is 134 Å². The SMILES string of the molecule is c1ccc(-c2ccc(-c3c4ccccc4c(-c4cccc(-c5ccc6c(c5)oc5ccccc56)c4)c4ccccc34)cc2)cc1.c1ccc(-c2ccccc2-c2c3ccccc3c(-c3cccc(-c4ccc5c(c4)sc4ccccc45)c3)c3ccccc23)cc1.c1ccc(-c2ccccc2-c2c3ccccc3c(-c3ccccc3-c3ccc4c(c3)sc3ccccc34)c3ccccc23)cc1. The molecule has 24 aromatic carbocycles. The largest absolute Gasteiger partial charge is 0.456 e. The van der Waals surface area contributed by atoms with Crippen molar-refractivity contribution in [2.24, 2.45) is 0 Å². The monoisotopic (exact) mass is 1750 g/mol. The summed E-state index contributed by atoms with van der Waals surface area (Å²) in [5.74, 6) is 0. The second kappa shape index (κ2) is 34.4. The van der Waals surface area contributed by atoms with Crippen molar-refractivity contribution < 1.29 is 4.42 Å². The number of thiophene rings is 2. The van der Waals surface area contributed by atoms with Crippen LogP contribution in [-0.4, -0.2) is 0 Å². The number of furan rings is 1. The summed E-state index contributed by atoms with van der Waals surface area (Å²) < 4.78 is 11.6. The Morgan fingerprint density at radius 3 is 0.756 bits per heavy atom. The maximum absolute atomic E-state index is 6.23. The van der Waals surface area contributed by atoms with E-state index in [0.29, 0.717) is 0 Å². The molecule has 0 bridgehead atoms. The first-order valence-corrected chi connectivity index (χ1v) is 47.9. The van der Waals surface area contributed by atoms with Gasteiger partial charge >= 0.3 is 0 Å². The van der Waals surface area contributed by atoms with Gasteiger partial charge in [0.05, 0.1) is 0 Å². The summed E-state index contributed by atoms with van der Waals surface area (Å²) in [6, 6.07) is 185. The molecule has 0 atom stereocenters. The second-order valence-corrected chi connectivity index (χ2v) is 37.1. The molecule has 0 aliphatic rings. The van der Waals surface area contributed by atoms with Crippen LogP contribution in [0, 0.1) is 0 Å². The first-order valence-electron chi connectivity index (χ1n) is 46.3. The molecule has 0 unspecified atom stereocenters. The molecule has 0 fully saturated rings. The molecule has 0 saturated heterocycles. The van der Waals surface area contributed by atoms with E-state index in [1.807, 2.05) is 34.8 Å². The molecule has 3 aromatic heterocycles. The van der Waals surface area contributed by atoms with Gasteiger partial charge in [0.15, 0.2) is 0 Å². The highest BCUT2D eigenvalue weighted by Crippen LogP contribution is 2.53. The zero-order valence-corrected chi connectivity index (χ0v) is 75.4. The zero-order chi connectivity index (χ0) is 89.2. The van der Waals surface area contributed by atoms with Gasteiger partial charge in [-0.05, 0) is 253 Å². The Bertz CT molecular complexity index is 9130. The molecule has 0 amide bonds. The third-order valence-electron chi connectivity index (χ3n) is 27.3. The van der Waals surface area contributed by atoms with E-state index in [1.54, 1.807) is 0 Å². The average Bonchev–Trinajstić information content (AvgIpc) is 1.40. The van der Waals surface area contributed by atoms with Gasteiger partial charge in [0.2, 0.25) is 0 Å². The molecular formula is C132H84OS2. The highest BCUT2D eigenvalue weighted by molar-refractivity contribution is 7.26. The van der Waals surface area contributed by atoms with E-state index in [-0.39, 0.29) is 0 Å². The smallest absolute Gasteiger partial charge is 0.136 e. The first-order chi connectivity index (χ1) is 67.0. The number of rotatable bonds is 12. The molecule has 0 aliphatic carbocycles. The van der Waals surface area contributed by atoms with E-state index in [0.717, 1.165) is 27.5 Å². The van der Waals surface area contributed by atoms with E-state index in [9.17, 15) is 0 Å². The fourth-order valence-corrected chi connectivity index (χ4v) is 23.4. The van der Waals surface area contributed by atoms with E-state index < -0.39 is 0 Å². The van der Waals surface area contributed by atoms with Gasteiger partial charge in [0.25, 0.3) is 0 Å². The third kappa shape index (κ3) is 14.4. The van der Waals surface area contributed by atoms with Crippen molar-refractivity contribution >= 4 is 150 Å². The van der Waals surface area contributed by atoms with E-state index in [2.05, 4.69) is 497 Å². The summed E-state index contributed by atoms with van der Waals surface area (Å²) in [6.45, 7) is 0. The van der Waals surface area contributed by atoms with Gasteiger partial charge < -0.3 is 4.42 Å². The molecule has 0 saturated carbocycles. The summed E-state index contributed by atoms with van der Waals surface area (Å²) in [7, 11) is 0. The van der Waals surface area contributed by atoms with E-state index >= 15 is 0 Å². The Kier molecular flexibility index (Phi) is 20.4. The Labute approximate surface area is 790 Å². The third-order valence-corrected chi connectivity index (χ3v) is 29.5. The van der Waals surface area contributed by atoms with Crippen molar-refractivity contribution in [3.05, 3.63) is 510 Å². The molecule has 3 heterocycles. The van der Waals surface area contributed by atoms with Gasteiger partial charge in [-0.2, -0.15) is 0 Å². The topological polar surface area (TPSA) is 13.1 Å². The quantitative estimate of drug-likeness (QED) is 0.111. The van der Waals surface area contributed by atoms with Crippen LogP contribution in [0.25, 0.3) is 260 Å². The standard InChI is InChI=1S/C44H28O.2C44H28S/c1-2-11-29(12-3-1)30-21-23-31(24-22-30)43-37-16-4-6-18-39(37)44(40-19-7-5-17-38(40)43)34-14-10-13-32(27-34)33-25-26-36-35-15-8-9-20-41(35)45-42(36)28-33;1-2-14-29(15-3-1)31-16-4-6-19-35(31)43-37-21-8-10-23-39(37)44(40-24-11-9-22-38(40)43)36-20-7-5-17-32(36)30-26-27-34-33-18-12-13-25-41(33)45-42(34)28-30;1-2-13-29(14-3-1)33-17-4-5-19-36(33)44-39-22-8-6-20-37(39)43(38-21-7-9-23-40(38)44)32-16-12-15-30(27-32)31-25-26-35-34-18-10-11-24-41(34)45-42(35)28-31/h3*1-28H. The van der Waals surface area contributed by atoms with Crippen molar-refractivity contribution in [3.63, 3.8) is 0 Å². The Balaban J connectivity index is 0.000000108. The average molecular weight is 1750 g/mol. The number of hydrogen-bond acceptors (Lipinski definition) is 3. The lowest BCUT2D eigenvalue weighted by molar-refractivity contribution is 0.669. The molecule has 0 spiro atoms. The normalized spacial score (nSPS) is 11.6. The fraction of sp³-hybridized carbons (Fsp3) is 0. The van der Waals surface area contributed by atoms with Crippen molar-refractivity contribution in [2.75, 3.05) is 0 Å². The molecule has 27 rings (SSSR count). The summed E-state index contributed by atoms with van der Waals surface area (Å²) in [5.41, 5.74) is 31.7. The minimum Gasteiger partial charge on any atom is -0.456 e. The Hall–Kier alpha value is -16.9. The molecular weight excluding hydrogens is 1670 g/mol. The van der Waals surface area contributed by atoms with Crippen LogP contribution in [0.4, 0.5) is 0 Å². The van der Waals surface area contributed by atoms with Gasteiger partial charge in [0, 0.05) is 51.1 Å².